The Morgan fingerprint density at radius 2 is 1.16 bits per heavy atom. The quantitative estimate of drug-likeness (QED) is 0.327. The SMILES string of the molecule is Cc1ccc(S(=O)Nc2cccc3c2C(=O)c2c(NS(=O)(=O)c4ccc(C)cc4)cccc2C3=O)cc1.O. The number of fused-ring (bicyclic) bond motifs is 2. The molecule has 8 nitrogen and oxygen atoms in total. The van der Waals surface area contributed by atoms with Gasteiger partial charge in [0.1, 0.15) is 11.0 Å². The number of hydrogen-bond donors (Lipinski definition) is 2. The van der Waals surface area contributed by atoms with Gasteiger partial charge in [0.25, 0.3) is 10.0 Å². The predicted octanol–water partition coefficient (Wildman–Crippen LogP) is 4.19. The van der Waals surface area contributed by atoms with Gasteiger partial charge in [-0.1, -0.05) is 59.7 Å². The highest BCUT2D eigenvalue weighted by Gasteiger charge is 2.34. The summed E-state index contributed by atoms with van der Waals surface area (Å²) in [7, 11) is -5.73. The Morgan fingerprint density at radius 1 is 0.658 bits per heavy atom. The Labute approximate surface area is 222 Å². The number of sulfonamides is 1. The van der Waals surface area contributed by atoms with Crippen LogP contribution in [0.3, 0.4) is 0 Å². The maximum absolute atomic E-state index is 13.8. The van der Waals surface area contributed by atoms with E-state index in [1.54, 1.807) is 36.4 Å². The number of carbonyl (C=O) groups excluding carboxylic acids is 2. The summed E-state index contributed by atoms with van der Waals surface area (Å²) in [5.41, 5.74) is 2.37. The van der Waals surface area contributed by atoms with Gasteiger partial charge in [-0.3, -0.25) is 14.3 Å². The largest absolute Gasteiger partial charge is 0.412 e. The summed E-state index contributed by atoms with van der Waals surface area (Å²) in [4.78, 5) is 27.7. The van der Waals surface area contributed by atoms with Gasteiger partial charge in [-0.15, -0.1) is 0 Å². The second-order valence-electron chi connectivity index (χ2n) is 8.72. The zero-order valence-corrected chi connectivity index (χ0v) is 22.1. The van der Waals surface area contributed by atoms with Gasteiger partial charge >= 0.3 is 0 Å². The van der Waals surface area contributed by atoms with E-state index in [0.717, 1.165) is 11.1 Å². The van der Waals surface area contributed by atoms with Crippen LogP contribution in [-0.4, -0.2) is 29.7 Å². The summed E-state index contributed by atoms with van der Waals surface area (Å²) < 4.78 is 44.4. The molecule has 10 heteroatoms. The summed E-state index contributed by atoms with van der Waals surface area (Å²) in [6, 6.07) is 22.5. The number of hydrogen-bond acceptors (Lipinski definition) is 5. The van der Waals surface area contributed by atoms with Crippen molar-refractivity contribution in [2.45, 2.75) is 23.6 Å². The maximum Gasteiger partial charge on any atom is 0.261 e. The number of ketones is 2. The summed E-state index contributed by atoms with van der Waals surface area (Å²) in [6.45, 7) is 3.76. The zero-order valence-electron chi connectivity index (χ0n) is 20.4. The van der Waals surface area contributed by atoms with Crippen LogP contribution in [-0.2, 0) is 21.0 Å². The van der Waals surface area contributed by atoms with E-state index in [2.05, 4.69) is 9.44 Å². The number of anilines is 2. The molecular formula is C28H24N2O6S2. The van der Waals surface area contributed by atoms with Crippen LogP contribution in [0.4, 0.5) is 11.4 Å². The van der Waals surface area contributed by atoms with Crippen LogP contribution in [0.1, 0.15) is 43.0 Å². The minimum Gasteiger partial charge on any atom is -0.412 e. The lowest BCUT2D eigenvalue weighted by Gasteiger charge is -2.23. The lowest BCUT2D eigenvalue weighted by atomic mass is 9.82. The van der Waals surface area contributed by atoms with Gasteiger partial charge in [-0.05, 0) is 50.2 Å². The molecule has 4 N–H and O–H groups in total. The van der Waals surface area contributed by atoms with E-state index in [1.165, 1.54) is 36.4 Å². The topological polar surface area (TPSA) is 141 Å². The molecule has 0 fully saturated rings. The normalized spacial score (nSPS) is 13.1. The van der Waals surface area contributed by atoms with Gasteiger partial charge in [0.05, 0.1) is 32.3 Å². The number of rotatable bonds is 6. The van der Waals surface area contributed by atoms with Gasteiger partial charge in [-0.25, -0.2) is 12.6 Å². The first-order valence-electron chi connectivity index (χ1n) is 11.4. The molecule has 4 aromatic carbocycles. The lowest BCUT2D eigenvalue weighted by Crippen LogP contribution is -2.25. The average molecular weight is 549 g/mol. The van der Waals surface area contributed by atoms with Crippen LogP contribution < -0.4 is 9.44 Å². The van der Waals surface area contributed by atoms with Crippen molar-refractivity contribution in [1.82, 2.24) is 0 Å². The van der Waals surface area contributed by atoms with Crippen molar-refractivity contribution in [2.24, 2.45) is 0 Å². The molecule has 1 atom stereocenters. The molecule has 1 aliphatic rings. The number of carbonyl (C=O) groups is 2. The molecule has 0 spiro atoms. The molecule has 1 unspecified atom stereocenters. The summed E-state index contributed by atoms with van der Waals surface area (Å²) in [6.07, 6.45) is 0. The molecule has 0 amide bonds. The molecule has 4 aromatic rings. The van der Waals surface area contributed by atoms with E-state index in [-0.39, 0.29) is 44.0 Å². The van der Waals surface area contributed by atoms with Crippen molar-refractivity contribution in [3.8, 4) is 0 Å². The third kappa shape index (κ3) is 4.89. The van der Waals surface area contributed by atoms with Crippen molar-refractivity contribution in [2.75, 3.05) is 9.44 Å². The zero-order chi connectivity index (χ0) is 26.3. The molecule has 0 saturated carbocycles. The van der Waals surface area contributed by atoms with Crippen LogP contribution in [0.25, 0.3) is 0 Å². The summed E-state index contributed by atoms with van der Waals surface area (Å²) in [5.74, 6) is -0.971. The van der Waals surface area contributed by atoms with Crippen LogP contribution in [0, 0.1) is 13.8 Å². The summed E-state index contributed by atoms with van der Waals surface area (Å²) in [5, 5.41) is 0. The lowest BCUT2D eigenvalue weighted by molar-refractivity contribution is 0.0980. The Morgan fingerprint density at radius 3 is 1.74 bits per heavy atom. The maximum atomic E-state index is 13.8. The molecule has 0 radical (unpaired) electrons. The Hall–Kier alpha value is -4.12. The second kappa shape index (κ2) is 10.3. The Balaban J connectivity index is 0.00000336. The fraction of sp³-hybridized carbons (Fsp3) is 0.0714. The van der Waals surface area contributed by atoms with Crippen molar-refractivity contribution >= 4 is 44.0 Å². The van der Waals surface area contributed by atoms with E-state index >= 15 is 0 Å². The van der Waals surface area contributed by atoms with Gasteiger partial charge in [0.2, 0.25) is 0 Å². The van der Waals surface area contributed by atoms with Crippen LogP contribution in [0.2, 0.25) is 0 Å². The fourth-order valence-electron chi connectivity index (χ4n) is 4.15. The molecule has 0 bridgehead atoms. The minimum absolute atomic E-state index is 0. The van der Waals surface area contributed by atoms with E-state index in [0.29, 0.717) is 4.90 Å². The molecule has 0 aliphatic heterocycles. The molecule has 1 aliphatic carbocycles. The number of benzene rings is 4. The highest BCUT2D eigenvalue weighted by Crippen LogP contribution is 2.36. The average Bonchev–Trinajstić information content (AvgIpc) is 2.87. The van der Waals surface area contributed by atoms with Crippen LogP contribution in [0.15, 0.2) is 94.7 Å². The van der Waals surface area contributed by atoms with Crippen molar-refractivity contribution in [3.05, 3.63) is 118 Å². The molecule has 38 heavy (non-hydrogen) atoms. The third-order valence-corrected chi connectivity index (χ3v) is 8.57. The van der Waals surface area contributed by atoms with E-state index in [1.807, 2.05) is 26.0 Å². The van der Waals surface area contributed by atoms with Crippen LogP contribution >= 0.6 is 0 Å². The highest BCUT2D eigenvalue weighted by molar-refractivity contribution is 7.92. The second-order valence-corrected chi connectivity index (χ2v) is 11.6. The van der Waals surface area contributed by atoms with Crippen molar-refractivity contribution in [1.29, 1.82) is 0 Å². The number of aryl methyl sites for hydroxylation is 2. The predicted molar refractivity (Wildman–Crippen MR) is 147 cm³/mol. The Kier molecular flexibility index (Phi) is 7.32. The first-order valence-corrected chi connectivity index (χ1v) is 14.0. The molecule has 5 rings (SSSR count). The van der Waals surface area contributed by atoms with Crippen molar-refractivity contribution < 1.29 is 27.7 Å². The number of nitrogens with one attached hydrogen (secondary N) is 2. The molecular weight excluding hydrogens is 524 g/mol. The highest BCUT2D eigenvalue weighted by atomic mass is 32.2. The van der Waals surface area contributed by atoms with Gasteiger partial charge in [-0.2, -0.15) is 0 Å². The van der Waals surface area contributed by atoms with E-state index < -0.39 is 32.6 Å². The minimum atomic E-state index is -4.03. The molecule has 0 saturated heterocycles. The van der Waals surface area contributed by atoms with E-state index in [9.17, 15) is 22.2 Å². The van der Waals surface area contributed by atoms with Gasteiger partial charge in [0.15, 0.2) is 11.6 Å². The van der Waals surface area contributed by atoms with E-state index in [4.69, 9.17) is 0 Å². The smallest absolute Gasteiger partial charge is 0.261 e. The monoisotopic (exact) mass is 548 g/mol. The standard InChI is InChI=1S/C28H22N2O5S2.H2O/c1-17-9-13-19(14-10-17)36(33)29-23-7-3-5-21-25(23)28(32)26-22(27(21)31)6-4-8-24(26)30-37(34,35)20-15-11-18(2)12-16-20;/h3-16,29-30H,1-2H3;1H2. The Bertz CT molecular complexity index is 1700. The van der Waals surface area contributed by atoms with Crippen molar-refractivity contribution in [3.63, 3.8) is 0 Å². The third-order valence-electron chi connectivity index (χ3n) is 6.09. The van der Waals surface area contributed by atoms with Crippen LogP contribution in [0.5, 0.6) is 0 Å². The van der Waals surface area contributed by atoms with Gasteiger partial charge in [0, 0.05) is 11.1 Å². The molecule has 0 heterocycles. The molecule has 0 aromatic heterocycles. The summed E-state index contributed by atoms with van der Waals surface area (Å²) >= 11 is 0. The van der Waals surface area contributed by atoms with Gasteiger partial charge < -0.3 is 10.2 Å². The fourth-order valence-corrected chi connectivity index (χ4v) is 6.10. The first-order chi connectivity index (χ1) is 17.7. The first kappa shape index (κ1) is 26.9. The molecule has 194 valence electrons.